The third-order valence-corrected chi connectivity index (χ3v) is 5.66. The number of amides is 2. The molecular weight excluding hydrogens is 481 g/mol. The van der Waals surface area contributed by atoms with E-state index in [1.165, 1.54) is 36.5 Å². The number of non-ortho nitro benzene ring substituents is 1. The van der Waals surface area contributed by atoms with Crippen molar-refractivity contribution in [3.8, 4) is 0 Å². The zero-order valence-corrected chi connectivity index (χ0v) is 20.9. The fourth-order valence-electron chi connectivity index (χ4n) is 3.27. The van der Waals surface area contributed by atoms with Crippen LogP contribution in [0.4, 0.5) is 11.4 Å². The number of nitro groups is 1. The van der Waals surface area contributed by atoms with E-state index < -0.39 is 22.8 Å². The van der Waals surface area contributed by atoms with Gasteiger partial charge in [0, 0.05) is 41.5 Å². The Balaban J connectivity index is 2.21. The van der Waals surface area contributed by atoms with Crippen LogP contribution < -0.4 is 15.6 Å². The summed E-state index contributed by atoms with van der Waals surface area (Å²) in [5.74, 6) is -1.32. The summed E-state index contributed by atoms with van der Waals surface area (Å²) in [6.45, 7) is 8.87. The van der Waals surface area contributed by atoms with Crippen molar-refractivity contribution in [1.29, 1.82) is 0 Å². The largest absolute Gasteiger partial charge is 0.372 e. The highest BCUT2D eigenvalue weighted by Gasteiger charge is 2.25. The summed E-state index contributed by atoms with van der Waals surface area (Å²) in [7, 11) is 0. The Labute approximate surface area is 208 Å². The Bertz CT molecular complexity index is 1090. The molecule has 0 radical (unpaired) electrons. The Morgan fingerprint density at radius 1 is 1.15 bits per heavy atom. The molecule has 0 aromatic heterocycles. The number of nitro benzene ring substituents is 1. The lowest BCUT2D eigenvalue weighted by Gasteiger charge is -2.23. The van der Waals surface area contributed by atoms with Crippen LogP contribution in [0, 0.1) is 16.0 Å². The quantitative estimate of drug-likeness (QED) is 0.275. The molecule has 1 atom stereocenters. The van der Waals surface area contributed by atoms with Crippen LogP contribution in [-0.4, -0.2) is 42.1 Å². The van der Waals surface area contributed by atoms with Crippen molar-refractivity contribution in [2.75, 3.05) is 18.0 Å². The molecule has 11 heteroatoms. The minimum atomic E-state index is -0.899. The van der Waals surface area contributed by atoms with Gasteiger partial charge in [0.1, 0.15) is 6.04 Å². The van der Waals surface area contributed by atoms with Gasteiger partial charge in [0.05, 0.1) is 21.7 Å². The van der Waals surface area contributed by atoms with Crippen LogP contribution in [0.2, 0.25) is 10.0 Å². The van der Waals surface area contributed by atoms with Gasteiger partial charge in [-0.2, -0.15) is 5.10 Å². The minimum absolute atomic E-state index is 0.0872. The Morgan fingerprint density at radius 2 is 1.82 bits per heavy atom. The third-order valence-electron chi connectivity index (χ3n) is 5.12. The highest BCUT2D eigenvalue weighted by atomic mass is 35.5. The number of halogens is 2. The first-order valence-electron chi connectivity index (χ1n) is 10.7. The van der Waals surface area contributed by atoms with Crippen molar-refractivity contribution in [1.82, 2.24) is 10.7 Å². The summed E-state index contributed by atoms with van der Waals surface area (Å²) in [6.07, 6.45) is 1.35. The summed E-state index contributed by atoms with van der Waals surface area (Å²) in [6, 6.07) is 8.03. The zero-order chi connectivity index (χ0) is 25.4. The molecule has 2 N–H and O–H groups in total. The van der Waals surface area contributed by atoms with Gasteiger partial charge < -0.3 is 10.2 Å². The molecule has 2 amide bonds. The van der Waals surface area contributed by atoms with Crippen molar-refractivity contribution in [3.63, 3.8) is 0 Å². The van der Waals surface area contributed by atoms with Crippen LogP contribution in [0.5, 0.6) is 0 Å². The van der Waals surface area contributed by atoms with E-state index in [1.54, 1.807) is 19.9 Å². The molecule has 1 unspecified atom stereocenters. The lowest BCUT2D eigenvalue weighted by atomic mass is 10.0. The Morgan fingerprint density at radius 3 is 2.38 bits per heavy atom. The maximum atomic E-state index is 12.8. The van der Waals surface area contributed by atoms with Gasteiger partial charge >= 0.3 is 0 Å². The van der Waals surface area contributed by atoms with Gasteiger partial charge in [-0.15, -0.1) is 0 Å². The van der Waals surface area contributed by atoms with E-state index in [-0.39, 0.29) is 22.2 Å². The van der Waals surface area contributed by atoms with Crippen molar-refractivity contribution in [2.45, 2.75) is 33.7 Å². The van der Waals surface area contributed by atoms with E-state index in [2.05, 4.69) is 15.8 Å². The lowest BCUT2D eigenvalue weighted by molar-refractivity contribution is -0.384. The molecule has 0 aliphatic heterocycles. The summed E-state index contributed by atoms with van der Waals surface area (Å²) in [5, 5.41) is 18.4. The summed E-state index contributed by atoms with van der Waals surface area (Å²) in [4.78, 5) is 38.2. The molecule has 2 aromatic rings. The van der Waals surface area contributed by atoms with Crippen LogP contribution in [0.15, 0.2) is 41.5 Å². The molecule has 9 nitrogen and oxygen atoms in total. The molecule has 0 spiro atoms. The Kier molecular flexibility index (Phi) is 9.83. The maximum Gasteiger partial charge on any atom is 0.270 e. The fraction of sp³-hybridized carbons (Fsp3) is 0.348. The van der Waals surface area contributed by atoms with Gasteiger partial charge in [0.15, 0.2) is 0 Å². The molecule has 2 rings (SSSR count). The number of nitrogens with zero attached hydrogens (tertiary/aromatic N) is 3. The van der Waals surface area contributed by atoms with Crippen LogP contribution in [0.1, 0.15) is 43.6 Å². The van der Waals surface area contributed by atoms with E-state index in [1.807, 2.05) is 18.7 Å². The first-order chi connectivity index (χ1) is 16.1. The maximum absolute atomic E-state index is 12.8. The van der Waals surface area contributed by atoms with Gasteiger partial charge in [-0.05, 0) is 44.0 Å². The van der Waals surface area contributed by atoms with E-state index in [0.717, 1.165) is 5.69 Å². The molecule has 0 aliphatic carbocycles. The highest BCUT2D eigenvalue weighted by Crippen LogP contribution is 2.24. The monoisotopic (exact) mass is 507 g/mol. The first-order valence-corrected chi connectivity index (χ1v) is 11.5. The predicted molar refractivity (Wildman–Crippen MR) is 135 cm³/mol. The molecule has 0 saturated heterocycles. The van der Waals surface area contributed by atoms with Crippen LogP contribution >= 0.6 is 23.2 Å². The van der Waals surface area contributed by atoms with Gasteiger partial charge in [0.2, 0.25) is 0 Å². The molecule has 34 heavy (non-hydrogen) atoms. The summed E-state index contributed by atoms with van der Waals surface area (Å²) >= 11 is 12.0. The summed E-state index contributed by atoms with van der Waals surface area (Å²) < 4.78 is 0. The highest BCUT2D eigenvalue weighted by molar-refractivity contribution is 6.36. The molecule has 0 saturated carbocycles. The van der Waals surface area contributed by atoms with Crippen molar-refractivity contribution >= 4 is 52.6 Å². The van der Waals surface area contributed by atoms with Gasteiger partial charge in [-0.25, -0.2) is 5.43 Å². The first kappa shape index (κ1) is 27.1. The second-order valence-corrected chi connectivity index (χ2v) is 8.57. The van der Waals surface area contributed by atoms with E-state index in [9.17, 15) is 19.7 Å². The number of hydrogen-bond donors (Lipinski definition) is 2. The SMILES string of the molecule is CCN(CC)c1ccc([N+](=O)[O-])cc1C=NNC(=O)C(NC(=O)c1ccc(Cl)cc1Cl)C(C)C. The second kappa shape index (κ2) is 12.3. The normalized spacial score (nSPS) is 12.0. The topological polar surface area (TPSA) is 117 Å². The number of carbonyl (C=O) groups excluding carboxylic acids is 2. The molecule has 2 aromatic carbocycles. The van der Waals surface area contributed by atoms with Crippen molar-refractivity contribution in [3.05, 3.63) is 67.7 Å². The van der Waals surface area contributed by atoms with Crippen molar-refractivity contribution < 1.29 is 14.5 Å². The lowest BCUT2D eigenvalue weighted by Crippen LogP contribution is -2.48. The number of rotatable bonds is 10. The van der Waals surface area contributed by atoms with E-state index in [0.29, 0.717) is 23.7 Å². The molecule has 0 heterocycles. The smallest absolute Gasteiger partial charge is 0.270 e. The average Bonchev–Trinajstić information content (AvgIpc) is 2.78. The number of nitrogens with one attached hydrogen (secondary N) is 2. The van der Waals surface area contributed by atoms with Gasteiger partial charge in [-0.1, -0.05) is 37.0 Å². The van der Waals surface area contributed by atoms with Gasteiger partial charge in [0.25, 0.3) is 17.5 Å². The average molecular weight is 508 g/mol. The van der Waals surface area contributed by atoms with Crippen LogP contribution in [-0.2, 0) is 4.79 Å². The Hall–Kier alpha value is -3.17. The third kappa shape index (κ3) is 6.91. The van der Waals surface area contributed by atoms with Gasteiger partial charge in [-0.3, -0.25) is 19.7 Å². The van der Waals surface area contributed by atoms with E-state index >= 15 is 0 Å². The number of anilines is 1. The second-order valence-electron chi connectivity index (χ2n) is 7.73. The predicted octanol–water partition coefficient (Wildman–Crippen LogP) is 4.65. The molecular formula is C23H27Cl2N5O4. The molecule has 0 fully saturated rings. The van der Waals surface area contributed by atoms with Crippen LogP contribution in [0.3, 0.4) is 0 Å². The van der Waals surface area contributed by atoms with Crippen LogP contribution in [0.25, 0.3) is 0 Å². The minimum Gasteiger partial charge on any atom is -0.372 e. The van der Waals surface area contributed by atoms with E-state index in [4.69, 9.17) is 23.2 Å². The standard InChI is InChI=1S/C23H27Cl2N5O4/c1-5-29(6-2)20-10-8-17(30(33)34)11-15(20)13-26-28-23(32)21(14(3)4)27-22(31)18-9-7-16(24)12-19(18)25/h7-14,21H,5-6H2,1-4H3,(H,27,31)(H,28,32). The number of hydrogen-bond acceptors (Lipinski definition) is 6. The number of carbonyl (C=O) groups is 2. The van der Waals surface area contributed by atoms with Crippen molar-refractivity contribution in [2.24, 2.45) is 11.0 Å². The number of hydrazone groups is 1. The molecule has 0 bridgehead atoms. The molecule has 182 valence electrons. The fourth-order valence-corrected chi connectivity index (χ4v) is 3.77. The zero-order valence-electron chi connectivity index (χ0n) is 19.3. The summed E-state index contributed by atoms with van der Waals surface area (Å²) in [5.41, 5.74) is 3.75. The molecule has 0 aliphatic rings. The number of benzene rings is 2.